The molecule has 200 valence electrons. The monoisotopic (exact) mass is 634 g/mol. The molecule has 3 heterocycles. The summed E-state index contributed by atoms with van der Waals surface area (Å²) in [5.74, 6) is -0.0358. The van der Waals surface area contributed by atoms with Crippen LogP contribution in [0.15, 0.2) is 67.6 Å². The van der Waals surface area contributed by atoms with Crippen LogP contribution < -0.4 is 5.56 Å². The van der Waals surface area contributed by atoms with E-state index in [-0.39, 0.29) is 22.8 Å². The van der Waals surface area contributed by atoms with Crippen molar-refractivity contribution >= 4 is 59.6 Å². The van der Waals surface area contributed by atoms with E-state index < -0.39 is 9.84 Å². The van der Waals surface area contributed by atoms with Crippen LogP contribution in [0.2, 0.25) is 5.02 Å². The molecule has 0 bridgehead atoms. The van der Waals surface area contributed by atoms with Crippen molar-refractivity contribution < 1.29 is 8.42 Å². The van der Waals surface area contributed by atoms with Gasteiger partial charge in [0.2, 0.25) is 0 Å². The maximum absolute atomic E-state index is 13.4. The second-order valence-corrected chi connectivity index (χ2v) is 13.8. The lowest BCUT2D eigenvalue weighted by atomic mass is 10.1. The topological polar surface area (TPSA) is 75.5 Å². The number of piperazine rings is 1. The lowest BCUT2D eigenvalue weighted by molar-refractivity contribution is 0.122. The molecule has 38 heavy (non-hydrogen) atoms. The Hall–Kier alpha value is -2.08. The van der Waals surface area contributed by atoms with E-state index >= 15 is 0 Å². The molecule has 0 amide bonds. The summed E-state index contributed by atoms with van der Waals surface area (Å²) in [5.41, 5.74) is 3.31. The maximum atomic E-state index is 13.4. The normalized spacial score (nSPS) is 15.3. The Morgan fingerprint density at radius 3 is 2.42 bits per heavy atom. The molecule has 2 aromatic carbocycles. The fourth-order valence-electron chi connectivity index (χ4n) is 4.76. The van der Waals surface area contributed by atoms with E-state index in [1.54, 1.807) is 30.4 Å². The van der Waals surface area contributed by atoms with Crippen LogP contribution >= 0.6 is 38.9 Å². The van der Waals surface area contributed by atoms with Gasteiger partial charge in [0.05, 0.1) is 34.4 Å². The van der Waals surface area contributed by atoms with Crippen LogP contribution in [0.1, 0.15) is 23.6 Å². The van der Waals surface area contributed by atoms with Gasteiger partial charge in [-0.3, -0.25) is 19.2 Å². The highest BCUT2D eigenvalue weighted by atomic mass is 79.9. The van der Waals surface area contributed by atoms with Gasteiger partial charge in [-0.15, -0.1) is 0 Å². The summed E-state index contributed by atoms with van der Waals surface area (Å²) in [6, 6.07) is 10.6. The molecule has 0 aliphatic carbocycles. The third-order valence-electron chi connectivity index (χ3n) is 6.92. The van der Waals surface area contributed by atoms with E-state index in [0.29, 0.717) is 21.5 Å². The number of nitrogens with zero attached hydrogens (tertiary/aromatic N) is 4. The zero-order chi connectivity index (χ0) is 26.9. The number of hydrogen-bond acceptors (Lipinski definition) is 7. The lowest BCUT2D eigenvalue weighted by Gasteiger charge is -2.34. The molecule has 7 nitrogen and oxygen atoms in total. The molecule has 11 heteroatoms. The minimum atomic E-state index is -3.47. The first-order chi connectivity index (χ1) is 18.2. The first kappa shape index (κ1) is 27.5. The van der Waals surface area contributed by atoms with Crippen molar-refractivity contribution in [3.8, 4) is 0 Å². The summed E-state index contributed by atoms with van der Waals surface area (Å²) in [4.78, 5) is 23.0. The Balaban J connectivity index is 1.34. The number of rotatable bonds is 8. The summed E-state index contributed by atoms with van der Waals surface area (Å²) in [6.07, 6.45) is 1.48. The second-order valence-electron chi connectivity index (χ2n) is 9.48. The Morgan fingerprint density at radius 2 is 1.74 bits per heavy atom. The average Bonchev–Trinajstić information content (AvgIpc) is 3.41. The van der Waals surface area contributed by atoms with Gasteiger partial charge in [0, 0.05) is 48.8 Å². The molecule has 4 aromatic rings. The Bertz CT molecular complexity index is 1620. The standard InChI is InChI=1S/C27H28BrClN4O3S2/c1-2-38(35,36)26-4-3-22(29)11-21(26)16-33-18-30-25-12-20(24(28)13-23(25)27(33)34)15-32-8-6-31(7-9-32)14-19-5-10-37-17-19/h3-5,10-13,17-18H,2,6-9,14-16H2,1H3. The smallest absolute Gasteiger partial charge is 0.261 e. The van der Waals surface area contributed by atoms with Gasteiger partial charge in [0.1, 0.15) is 0 Å². The highest BCUT2D eigenvalue weighted by Crippen LogP contribution is 2.25. The SMILES string of the molecule is CCS(=O)(=O)c1ccc(Cl)cc1Cn1cnc2cc(CN3CCN(Cc4ccsc4)CC3)c(Br)cc2c1=O. The predicted molar refractivity (Wildman–Crippen MR) is 157 cm³/mol. The number of hydrogen-bond donors (Lipinski definition) is 0. The van der Waals surface area contributed by atoms with Crippen LogP contribution in [0, 0.1) is 0 Å². The van der Waals surface area contributed by atoms with Gasteiger partial charge in [-0.1, -0.05) is 34.5 Å². The average molecular weight is 636 g/mol. The molecule has 0 N–H and O–H groups in total. The lowest BCUT2D eigenvalue weighted by Crippen LogP contribution is -2.45. The molecule has 2 aromatic heterocycles. The van der Waals surface area contributed by atoms with E-state index in [4.69, 9.17) is 11.6 Å². The summed E-state index contributed by atoms with van der Waals surface area (Å²) in [7, 11) is -3.47. The van der Waals surface area contributed by atoms with Crippen molar-refractivity contribution in [2.75, 3.05) is 31.9 Å². The van der Waals surface area contributed by atoms with Crippen LogP contribution in [0.4, 0.5) is 0 Å². The number of benzene rings is 2. The van der Waals surface area contributed by atoms with Crippen molar-refractivity contribution in [2.45, 2.75) is 31.5 Å². The molecule has 1 saturated heterocycles. The minimum absolute atomic E-state index is 0.0358. The summed E-state index contributed by atoms with van der Waals surface area (Å²) in [5, 5.41) is 5.22. The summed E-state index contributed by atoms with van der Waals surface area (Å²) in [6.45, 7) is 7.41. The number of thiophene rings is 1. The van der Waals surface area contributed by atoms with Gasteiger partial charge in [-0.25, -0.2) is 13.4 Å². The first-order valence-electron chi connectivity index (χ1n) is 12.4. The van der Waals surface area contributed by atoms with Gasteiger partial charge < -0.3 is 0 Å². The molecule has 0 spiro atoms. The van der Waals surface area contributed by atoms with Gasteiger partial charge in [-0.2, -0.15) is 11.3 Å². The molecular formula is C27H28BrClN4O3S2. The molecule has 0 atom stereocenters. The maximum Gasteiger partial charge on any atom is 0.261 e. The van der Waals surface area contributed by atoms with Crippen molar-refractivity contribution in [1.82, 2.24) is 19.4 Å². The van der Waals surface area contributed by atoms with Crippen molar-refractivity contribution in [1.29, 1.82) is 0 Å². The number of aromatic nitrogens is 2. The molecule has 0 unspecified atom stereocenters. The fourth-order valence-corrected chi connectivity index (χ4v) is 7.19. The zero-order valence-corrected chi connectivity index (χ0v) is 24.9. The van der Waals surface area contributed by atoms with Gasteiger partial charge >= 0.3 is 0 Å². The molecule has 1 aliphatic heterocycles. The van der Waals surface area contributed by atoms with Gasteiger partial charge in [-0.05, 0) is 63.8 Å². The molecule has 0 saturated carbocycles. The van der Waals surface area contributed by atoms with Gasteiger partial charge in [0.15, 0.2) is 9.84 Å². The van der Waals surface area contributed by atoms with Gasteiger partial charge in [0.25, 0.3) is 5.56 Å². The number of fused-ring (bicyclic) bond motifs is 1. The molecule has 1 fully saturated rings. The van der Waals surface area contributed by atoms with Crippen molar-refractivity contribution in [2.24, 2.45) is 0 Å². The van der Waals surface area contributed by atoms with Crippen molar-refractivity contribution in [3.05, 3.63) is 90.0 Å². The molecular weight excluding hydrogens is 608 g/mol. The molecule has 1 aliphatic rings. The van der Waals surface area contributed by atoms with E-state index in [9.17, 15) is 13.2 Å². The van der Waals surface area contributed by atoms with Crippen LogP contribution in [0.25, 0.3) is 10.9 Å². The third kappa shape index (κ3) is 6.05. The highest BCUT2D eigenvalue weighted by molar-refractivity contribution is 9.10. The Kier molecular flexibility index (Phi) is 8.37. The predicted octanol–water partition coefficient (Wildman–Crippen LogP) is 5.03. The zero-order valence-electron chi connectivity index (χ0n) is 20.9. The van der Waals surface area contributed by atoms with E-state index in [0.717, 1.165) is 49.3 Å². The highest BCUT2D eigenvalue weighted by Gasteiger charge is 2.20. The van der Waals surface area contributed by atoms with Crippen LogP contribution in [-0.4, -0.2) is 59.7 Å². The van der Waals surface area contributed by atoms with E-state index in [2.05, 4.69) is 47.5 Å². The molecule has 0 radical (unpaired) electrons. The number of sulfone groups is 1. The van der Waals surface area contributed by atoms with Crippen LogP contribution in [0.5, 0.6) is 0 Å². The van der Waals surface area contributed by atoms with E-state index in [1.165, 1.54) is 22.5 Å². The minimum Gasteiger partial charge on any atom is -0.297 e. The van der Waals surface area contributed by atoms with Crippen molar-refractivity contribution in [3.63, 3.8) is 0 Å². The Morgan fingerprint density at radius 1 is 1.00 bits per heavy atom. The van der Waals surface area contributed by atoms with E-state index in [1.807, 2.05) is 12.1 Å². The largest absolute Gasteiger partial charge is 0.297 e. The van der Waals surface area contributed by atoms with Crippen LogP contribution in [0.3, 0.4) is 0 Å². The Labute approximate surface area is 239 Å². The van der Waals surface area contributed by atoms with Crippen LogP contribution in [-0.2, 0) is 29.5 Å². The second kappa shape index (κ2) is 11.6. The first-order valence-corrected chi connectivity index (χ1v) is 16.1. The summed E-state index contributed by atoms with van der Waals surface area (Å²) < 4.78 is 27.5. The third-order valence-corrected chi connectivity index (χ3v) is 10.4. The summed E-state index contributed by atoms with van der Waals surface area (Å²) >= 11 is 11.6. The molecule has 5 rings (SSSR count). The number of halogens is 2. The quantitative estimate of drug-likeness (QED) is 0.270. The fraction of sp³-hybridized carbons (Fsp3) is 0.333.